The van der Waals surface area contributed by atoms with Gasteiger partial charge < -0.3 is 10.1 Å². The van der Waals surface area contributed by atoms with Gasteiger partial charge in [0.15, 0.2) is 0 Å². The predicted molar refractivity (Wildman–Crippen MR) is 119 cm³/mol. The second-order valence-electron chi connectivity index (χ2n) is 6.94. The standard InChI is InChI=1S/C24H21N3O4/c28-22(16-27-24(30)20-12-5-4-11-19(20)23(29)26-27)25-14-15-31-21-13-7-6-10-18(21)17-8-2-1-3-9-17/h1-13H,14-16H2,(H,25,28)(H,26,29). The van der Waals surface area contributed by atoms with Crippen molar-refractivity contribution in [3.05, 3.63) is 99.6 Å². The molecule has 2 N–H and O–H groups in total. The third-order valence-corrected chi connectivity index (χ3v) is 4.84. The van der Waals surface area contributed by atoms with Crippen LogP contribution in [0.3, 0.4) is 0 Å². The van der Waals surface area contributed by atoms with E-state index in [1.54, 1.807) is 24.3 Å². The minimum Gasteiger partial charge on any atom is -0.491 e. The molecule has 7 heteroatoms. The van der Waals surface area contributed by atoms with Crippen LogP contribution in [0.5, 0.6) is 5.75 Å². The molecule has 4 aromatic rings. The lowest BCUT2D eigenvalue weighted by atomic mass is 10.1. The lowest BCUT2D eigenvalue weighted by molar-refractivity contribution is -0.122. The van der Waals surface area contributed by atoms with Crippen molar-refractivity contribution < 1.29 is 9.53 Å². The average Bonchev–Trinajstić information content (AvgIpc) is 2.81. The number of nitrogens with one attached hydrogen (secondary N) is 2. The maximum Gasteiger partial charge on any atom is 0.273 e. The molecule has 0 bridgehead atoms. The Labute approximate surface area is 177 Å². The van der Waals surface area contributed by atoms with E-state index in [0.29, 0.717) is 5.39 Å². The van der Waals surface area contributed by atoms with Crippen LogP contribution < -0.4 is 21.2 Å². The number of amides is 1. The van der Waals surface area contributed by atoms with Crippen LogP contribution in [0.25, 0.3) is 21.9 Å². The second-order valence-corrected chi connectivity index (χ2v) is 6.94. The fourth-order valence-corrected chi connectivity index (χ4v) is 3.36. The zero-order valence-electron chi connectivity index (χ0n) is 16.7. The highest BCUT2D eigenvalue weighted by atomic mass is 16.5. The van der Waals surface area contributed by atoms with Crippen molar-refractivity contribution in [2.75, 3.05) is 13.2 Å². The zero-order chi connectivity index (χ0) is 21.6. The number of benzene rings is 3. The van der Waals surface area contributed by atoms with Crippen LogP contribution in [0.4, 0.5) is 0 Å². The predicted octanol–water partition coefficient (Wildman–Crippen LogP) is 2.55. The Hall–Kier alpha value is -4.13. The van der Waals surface area contributed by atoms with Gasteiger partial charge in [-0.3, -0.25) is 19.5 Å². The highest BCUT2D eigenvalue weighted by molar-refractivity contribution is 5.81. The number of H-pyrrole nitrogens is 1. The molecule has 0 spiro atoms. The van der Waals surface area contributed by atoms with Crippen molar-refractivity contribution in [1.29, 1.82) is 0 Å². The van der Waals surface area contributed by atoms with Crippen molar-refractivity contribution in [2.24, 2.45) is 0 Å². The summed E-state index contributed by atoms with van der Waals surface area (Å²) in [6.07, 6.45) is 0. The molecule has 0 saturated heterocycles. The van der Waals surface area contributed by atoms with E-state index in [-0.39, 0.29) is 25.1 Å². The van der Waals surface area contributed by atoms with E-state index in [9.17, 15) is 14.4 Å². The first-order chi connectivity index (χ1) is 15.1. The van der Waals surface area contributed by atoms with E-state index in [2.05, 4.69) is 10.4 Å². The van der Waals surface area contributed by atoms with Crippen molar-refractivity contribution in [2.45, 2.75) is 6.54 Å². The van der Waals surface area contributed by atoms with Crippen LogP contribution in [0.2, 0.25) is 0 Å². The van der Waals surface area contributed by atoms with Crippen LogP contribution >= 0.6 is 0 Å². The fraction of sp³-hybridized carbons (Fsp3) is 0.125. The highest BCUT2D eigenvalue weighted by Crippen LogP contribution is 2.29. The Morgan fingerprint density at radius 1 is 0.871 bits per heavy atom. The molecule has 0 saturated carbocycles. The highest BCUT2D eigenvalue weighted by Gasteiger charge is 2.10. The van der Waals surface area contributed by atoms with Crippen LogP contribution in [0.15, 0.2) is 88.5 Å². The minimum atomic E-state index is -0.418. The molecule has 7 nitrogen and oxygen atoms in total. The van der Waals surface area contributed by atoms with Gasteiger partial charge in [0, 0.05) is 5.56 Å². The summed E-state index contributed by atoms with van der Waals surface area (Å²) in [5.74, 6) is 0.325. The summed E-state index contributed by atoms with van der Waals surface area (Å²) < 4.78 is 6.87. The van der Waals surface area contributed by atoms with Gasteiger partial charge in [-0.05, 0) is 23.8 Å². The molecule has 1 amide bonds. The number of ether oxygens (including phenoxy) is 1. The van der Waals surface area contributed by atoms with Crippen LogP contribution in [-0.4, -0.2) is 28.8 Å². The Kier molecular flexibility index (Phi) is 5.93. The molecule has 31 heavy (non-hydrogen) atoms. The van der Waals surface area contributed by atoms with Gasteiger partial charge in [0.1, 0.15) is 18.9 Å². The van der Waals surface area contributed by atoms with E-state index in [1.807, 2.05) is 54.6 Å². The summed E-state index contributed by atoms with van der Waals surface area (Å²) in [7, 11) is 0. The Balaban J connectivity index is 1.36. The van der Waals surface area contributed by atoms with Gasteiger partial charge >= 0.3 is 0 Å². The van der Waals surface area contributed by atoms with Crippen molar-refractivity contribution >= 4 is 16.7 Å². The zero-order valence-corrected chi connectivity index (χ0v) is 16.7. The van der Waals surface area contributed by atoms with Crippen LogP contribution in [0.1, 0.15) is 0 Å². The number of carbonyl (C=O) groups is 1. The molecule has 0 unspecified atom stereocenters. The maximum atomic E-state index is 12.5. The van der Waals surface area contributed by atoms with Gasteiger partial charge in [-0.25, -0.2) is 4.68 Å². The number of hydrogen-bond donors (Lipinski definition) is 2. The summed E-state index contributed by atoms with van der Waals surface area (Å²) in [5.41, 5.74) is 1.18. The first-order valence-corrected chi connectivity index (χ1v) is 9.89. The number of aromatic nitrogens is 2. The number of para-hydroxylation sites is 1. The molecular formula is C24H21N3O4. The molecule has 1 heterocycles. The van der Waals surface area contributed by atoms with Crippen molar-refractivity contribution in [3.63, 3.8) is 0 Å². The van der Waals surface area contributed by atoms with E-state index in [0.717, 1.165) is 21.6 Å². The van der Waals surface area contributed by atoms with E-state index in [4.69, 9.17) is 4.74 Å². The Bertz CT molecular complexity index is 1330. The molecule has 4 rings (SSSR count). The second kappa shape index (κ2) is 9.13. The molecule has 0 radical (unpaired) electrons. The molecular weight excluding hydrogens is 394 g/mol. The van der Waals surface area contributed by atoms with Gasteiger partial charge in [0.2, 0.25) is 5.91 Å². The van der Waals surface area contributed by atoms with Gasteiger partial charge in [-0.15, -0.1) is 0 Å². The summed E-state index contributed by atoms with van der Waals surface area (Å²) in [6.45, 7) is 0.243. The third-order valence-electron chi connectivity index (χ3n) is 4.84. The van der Waals surface area contributed by atoms with Crippen LogP contribution in [0, 0.1) is 0 Å². The molecule has 0 aliphatic rings. The summed E-state index contributed by atoms with van der Waals surface area (Å²) in [5, 5.41) is 5.74. The summed E-state index contributed by atoms with van der Waals surface area (Å²) >= 11 is 0. The van der Waals surface area contributed by atoms with E-state index in [1.165, 1.54) is 0 Å². The molecule has 0 atom stereocenters. The van der Waals surface area contributed by atoms with Gasteiger partial charge in [-0.2, -0.15) is 0 Å². The number of fused-ring (bicyclic) bond motifs is 1. The number of aromatic amines is 1. The van der Waals surface area contributed by atoms with Crippen molar-refractivity contribution in [1.82, 2.24) is 15.1 Å². The van der Waals surface area contributed by atoms with Crippen molar-refractivity contribution in [3.8, 4) is 16.9 Å². The first kappa shape index (κ1) is 20.2. The first-order valence-electron chi connectivity index (χ1n) is 9.89. The smallest absolute Gasteiger partial charge is 0.273 e. The maximum absolute atomic E-state index is 12.5. The van der Waals surface area contributed by atoms with Gasteiger partial charge in [-0.1, -0.05) is 60.7 Å². The molecule has 0 aliphatic heterocycles. The van der Waals surface area contributed by atoms with E-state index >= 15 is 0 Å². The topological polar surface area (TPSA) is 93.2 Å². The lowest BCUT2D eigenvalue weighted by Gasteiger charge is -2.12. The lowest BCUT2D eigenvalue weighted by Crippen LogP contribution is -2.37. The Morgan fingerprint density at radius 3 is 2.35 bits per heavy atom. The normalized spacial score (nSPS) is 10.7. The number of rotatable bonds is 7. The molecule has 1 aromatic heterocycles. The quantitative estimate of drug-likeness (QED) is 0.454. The summed E-state index contributed by atoms with van der Waals surface area (Å²) in [6, 6.07) is 24.1. The third kappa shape index (κ3) is 4.56. The number of carbonyl (C=O) groups excluding carboxylic acids is 1. The molecule has 0 fully saturated rings. The fourth-order valence-electron chi connectivity index (χ4n) is 3.36. The molecule has 0 aliphatic carbocycles. The molecule has 156 valence electrons. The van der Waals surface area contributed by atoms with Gasteiger partial charge in [0.05, 0.1) is 17.3 Å². The van der Waals surface area contributed by atoms with Crippen LogP contribution in [-0.2, 0) is 11.3 Å². The average molecular weight is 415 g/mol. The number of hydrogen-bond acceptors (Lipinski definition) is 4. The SMILES string of the molecule is O=C(Cn1[nH]c(=O)c2ccccc2c1=O)NCCOc1ccccc1-c1ccccc1. The summed E-state index contributed by atoms with van der Waals surface area (Å²) in [4.78, 5) is 36.9. The largest absolute Gasteiger partial charge is 0.491 e. The number of nitrogens with zero attached hydrogens (tertiary/aromatic N) is 1. The Morgan fingerprint density at radius 2 is 1.55 bits per heavy atom. The minimum absolute atomic E-state index is 0.258. The van der Waals surface area contributed by atoms with Gasteiger partial charge in [0.25, 0.3) is 11.1 Å². The molecule has 3 aromatic carbocycles. The monoisotopic (exact) mass is 415 g/mol. The van der Waals surface area contributed by atoms with E-state index < -0.39 is 17.0 Å².